The van der Waals surface area contributed by atoms with E-state index in [1.165, 1.54) is 24.0 Å². The molecule has 0 aromatic heterocycles. The van der Waals surface area contributed by atoms with Crippen molar-refractivity contribution in [1.29, 1.82) is 0 Å². The van der Waals surface area contributed by atoms with Crippen LogP contribution in [0, 0.1) is 5.92 Å². The van der Waals surface area contributed by atoms with Gasteiger partial charge in [0.05, 0.1) is 0 Å². The quantitative estimate of drug-likeness (QED) is 0.923. The fraction of sp³-hybridized carbons (Fsp3) is 0.600. The second-order valence-electron chi connectivity index (χ2n) is 7.25. The molecule has 1 aliphatic heterocycles. The molecule has 2 atom stereocenters. The van der Waals surface area contributed by atoms with Gasteiger partial charge in [-0.25, -0.2) is 0 Å². The van der Waals surface area contributed by atoms with E-state index in [-0.39, 0.29) is 29.8 Å². The minimum absolute atomic E-state index is 0.0213. The summed E-state index contributed by atoms with van der Waals surface area (Å²) in [4.78, 5) is 27.5. The molecule has 1 aromatic rings. The molecule has 24 heavy (non-hydrogen) atoms. The first kappa shape index (κ1) is 17.0. The molecule has 1 aromatic carbocycles. The van der Waals surface area contributed by atoms with E-state index in [4.69, 9.17) is 0 Å². The minimum Gasteiger partial charge on any atom is -0.352 e. The average molecular weight is 328 g/mol. The Morgan fingerprint density at radius 3 is 2.54 bits per heavy atom. The van der Waals surface area contributed by atoms with E-state index in [9.17, 15) is 9.59 Å². The molecule has 1 aliphatic carbocycles. The smallest absolute Gasteiger partial charge is 0.243 e. The minimum atomic E-state index is -0.373. The van der Waals surface area contributed by atoms with Crippen LogP contribution in [0.3, 0.4) is 0 Å². The van der Waals surface area contributed by atoms with Crippen LogP contribution in [0.4, 0.5) is 0 Å². The number of benzene rings is 1. The third-order valence-corrected chi connectivity index (χ3v) is 5.57. The first-order valence-corrected chi connectivity index (χ1v) is 9.27. The van der Waals surface area contributed by atoms with E-state index in [0.29, 0.717) is 13.0 Å². The van der Waals surface area contributed by atoms with Gasteiger partial charge in [-0.15, -0.1) is 0 Å². The number of carbonyl (C=O) groups is 2. The lowest BCUT2D eigenvalue weighted by Gasteiger charge is -2.38. The summed E-state index contributed by atoms with van der Waals surface area (Å²) in [6.45, 7) is 4.52. The predicted molar refractivity (Wildman–Crippen MR) is 94.3 cm³/mol. The third kappa shape index (κ3) is 3.47. The molecule has 1 fully saturated rings. The van der Waals surface area contributed by atoms with Crippen LogP contribution in [0.2, 0.25) is 0 Å². The van der Waals surface area contributed by atoms with Crippen LogP contribution < -0.4 is 5.32 Å². The number of amides is 2. The maximum absolute atomic E-state index is 12.9. The van der Waals surface area contributed by atoms with Crippen molar-refractivity contribution in [2.75, 3.05) is 0 Å². The van der Waals surface area contributed by atoms with Crippen molar-refractivity contribution in [2.24, 2.45) is 5.92 Å². The number of carbonyl (C=O) groups excluding carboxylic acids is 2. The van der Waals surface area contributed by atoms with Gasteiger partial charge in [0.2, 0.25) is 11.8 Å². The van der Waals surface area contributed by atoms with Crippen LogP contribution in [0.5, 0.6) is 0 Å². The average Bonchev–Trinajstić information content (AvgIpc) is 3.12. The van der Waals surface area contributed by atoms with E-state index < -0.39 is 0 Å². The number of hydrogen-bond donors (Lipinski definition) is 1. The lowest BCUT2D eigenvalue weighted by molar-refractivity contribution is -0.145. The van der Waals surface area contributed by atoms with Gasteiger partial charge >= 0.3 is 0 Å². The molecule has 2 amide bonds. The van der Waals surface area contributed by atoms with Crippen molar-refractivity contribution in [3.05, 3.63) is 35.4 Å². The molecular formula is C20H28N2O2. The van der Waals surface area contributed by atoms with Gasteiger partial charge in [-0.1, -0.05) is 51.0 Å². The Morgan fingerprint density at radius 1 is 1.21 bits per heavy atom. The zero-order valence-corrected chi connectivity index (χ0v) is 14.8. The lowest BCUT2D eigenvalue weighted by atomic mass is 9.91. The molecule has 1 heterocycles. The lowest BCUT2D eigenvalue weighted by Crippen LogP contribution is -2.55. The summed E-state index contributed by atoms with van der Waals surface area (Å²) in [6, 6.07) is 8.07. The summed E-state index contributed by atoms with van der Waals surface area (Å²) in [5, 5.41) is 3.19. The van der Waals surface area contributed by atoms with Crippen molar-refractivity contribution in [1.82, 2.24) is 10.2 Å². The summed E-state index contributed by atoms with van der Waals surface area (Å²) >= 11 is 0. The van der Waals surface area contributed by atoms with E-state index in [0.717, 1.165) is 19.3 Å². The second kappa shape index (κ2) is 7.37. The van der Waals surface area contributed by atoms with Gasteiger partial charge in [-0.2, -0.15) is 0 Å². The summed E-state index contributed by atoms with van der Waals surface area (Å²) in [5.41, 5.74) is 2.36. The highest BCUT2D eigenvalue weighted by Gasteiger charge is 2.36. The molecule has 0 spiro atoms. The van der Waals surface area contributed by atoms with E-state index in [1.54, 1.807) is 4.90 Å². The molecule has 0 saturated heterocycles. The van der Waals surface area contributed by atoms with Gasteiger partial charge in [0, 0.05) is 24.9 Å². The van der Waals surface area contributed by atoms with E-state index in [2.05, 4.69) is 17.4 Å². The van der Waals surface area contributed by atoms with Crippen molar-refractivity contribution >= 4 is 11.8 Å². The number of rotatable bonds is 4. The zero-order chi connectivity index (χ0) is 17.1. The Kier molecular flexibility index (Phi) is 5.22. The summed E-state index contributed by atoms with van der Waals surface area (Å²) < 4.78 is 0. The topological polar surface area (TPSA) is 49.4 Å². The van der Waals surface area contributed by atoms with Crippen LogP contribution in [-0.2, 0) is 22.6 Å². The Hall–Kier alpha value is -1.84. The molecule has 2 aliphatic rings. The Labute approximate surface area is 144 Å². The summed E-state index contributed by atoms with van der Waals surface area (Å²) in [7, 11) is 0. The fourth-order valence-electron chi connectivity index (χ4n) is 3.81. The molecule has 0 unspecified atom stereocenters. The predicted octanol–water partition coefficient (Wildman–Crippen LogP) is 3.04. The van der Waals surface area contributed by atoms with Crippen molar-refractivity contribution in [3.8, 4) is 0 Å². The maximum Gasteiger partial charge on any atom is 0.243 e. The highest BCUT2D eigenvalue weighted by Crippen LogP contribution is 2.26. The molecule has 1 N–H and O–H groups in total. The SMILES string of the molecule is CC[C@@H](C)C(=O)N1Cc2ccccc2C[C@@H]1C(=O)NC1CCCC1. The first-order valence-electron chi connectivity index (χ1n) is 9.27. The monoisotopic (exact) mass is 328 g/mol. The first-order chi connectivity index (χ1) is 11.6. The van der Waals surface area contributed by atoms with Gasteiger partial charge in [0.15, 0.2) is 0 Å². The molecule has 4 heteroatoms. The molecule has 3 rings (SSSR count). The zero-order valence-electron chi connectivity index (χ0n) is 14.8. The van der Waals surface area contributed by atoms with Crippen LogP contribution in [0.25, 0.3) is 0 Å². The van der Waals surface area contributed by atoms with Gasteiger partial charge in [0.25, 0.3) is 0 Å². The molecule has 4 nitrogen and oxygen atoms in total. The maximum atomic E-state index is 12.9. The molecule has 0 bridgehead atoms. The number of nitrogens with one attached hydrogen (secondary N) is 1. The van der Waals surface area contributed by atoms with Crippen molar-refractivity contribution in [2.45, 2.75) is 71.0 Å². The fourth-order valence-corrected chi connectivity index (χ4v) is 3.81. The van der Waals surface area contributed by atoms with Crippen LogP contribution in [0.1, 0.15) is 57.1 Å². The van der Waals surface area contributed by atoms with Crippen molar-refractivity contribution in [3.63, 3.8) is 0 Å². The molecule has 130 valence electrons. The van der Waals surface area contributed by atoms with E-state index >= 15 is 0 Å². The number of hydrogen-bond acceptors (Lipinski definition) is 2. The largest absolute Gasteiger partial charge is 0.352 e. The Bertz CT molecular complexity index is 607. The molecular weight excluding hydrogens is 300 g/mol. The van der Waals surface area contributed by atoms with Gasteiger partial charge < -0.3 is 10.2 Å². The highest BCUT2D eigenvalue weighted by molar-refractivity contribution is 5.89. The molecule has 1 saturated carbocycles. The Morgan fingerprint density at radius 2 is 1.88 bits per heavy atom. The number of fused-ring (bicyclic) bond motifs is 1. The normalized spacial score (nSPS) is 22.1. The van der Waals surface area contributed by atoms with E-state index in [1.807, 2.05) is 26.0 Å². The summed E-state index contributed by atoms with van der Waals surface area (Å²) in [6.07, 6.45) is 5.93. The van der Waals surface area contributed by atoms with Crippen LogP contribution in [-0.4, -0.2) is 28.8 Å². The highest BCUT2D eigenvalue weighted by atomic mass is 16.2. The van der Waals surface area contributed by atoms with Crippen LogP contribution in [0.15, 0.2) is 24.3 Å². The third-order valence-electron chi connectivity index (χ3n) is 5.57. The van der Waals surface area contributed by atoms with Gasteiger partial charge in [-0.3, -0.25) is 9.59 Å². The standard InChI is InChI=1S/C20H28N2O2/c1-3-14(2)20(24)22-13-16-9-5-4-8-15(16)12-18(22)19(23)21-17-10-6-7-11-17/h4-5,8-9,14,17-18H,3,6-7,10-13H2,1-2H3,(H,21,23)/t14-,18-/m1/s1. The summed E-state index contributed by atoms with van der Waals surface area (Å²) in [5.74, 6) is 0.0728. The number of nitrogens with zero attached hydrogens (tertiary/aromatic N) is 1. The Balaban J connectivity index is 1.82. The van der Waals surface area contributed by atoms with Gasteiger partial charge in [0.1, 0.15) is 6.04 Å². The second-order valence-corrected chi connectivity index (χ2v) is 7.25. The molecule has 0 radical (unpaired) electrons. The van der Waals surface area contributed by atoms with Crippen molar-refractivity contribution < 1.29 is 9.59 Å². The van der Waals surface area contributed by atoms with Crippen LogP contribution >= 0.6 is 0 Å². The van der Waals surface area contributed by atoms with Gasteiger partial charge in [-0.05, 0) is 30.4 Å².